The number of hydrogen-bond donors (Lipinski definition) is 1. The molecule has 0 aromatic heterocycles. The summed E-state index contributed by atoms with van der Waals surface area (Å²) in [4.78, 5) is 0. The molecule has 1 aliphatic rings. The molecule has 0 unspecified atom stereocenters. The summed E-state index contributed by atoms with van der Waals surface area (Å²) in [6.07, 6.45) is 4.10. The van der Waals surface area contributed by atoms with Gasteiger partial charge in [-0.3, -0.25) is 0 Å². The number of ether oxygens (including phenoxy) is 2. The van der Waals surface area contributed by atoms with E-state index in [4.69, 9.17) is 9.47 Å². The third-order valence-corrected chi connectivity index (χ3v) is 2.60. The maximum absolute atomic E-state index is 5.69. The quantitative estimate of drug-likeness (QED) is 0.634. The number of nitrogens with one attached hydrogen (secondary N) is 1. The van der Waals surface area contributed by atoms with Gasteiger partial charge in [-0.05, 0) is 19.8 Å². The van der Waals surface area contributed by atoms with Gasteiger partial charge in [0.05, 0.1) is 19.3 Å². The molecule has 14 heavy (non-hydrogen) atoms. The highest BCUT2D eigenvalue weighted by molar-refractivity contribution is 4.81. The summed E-state index contributed by atoms with van der Waals surface area (Å²) in [5.41, 5.74) is 0. The summed E-state index contributed by atoms with van der Waals surface area (Å²) in [5.74, 6) is 0. The van der Waals surface area contributed by atoms with Crippen LogP contribution in [0.4, 0.5) is 0 Å². The lowest BCUT2D eigenvalue weighted by molar-refractivity contribution is 0.0152. The van der Waals surface area contributed by atoms with E-state index in [9.17, 15) is 0 Å². The summed E-state index contributed by atoms with van der Waals surface area (Å²) < 4.78 is 10.9. The lowest BCUT2D eigenvalue weighted by atomic mass is 10.1. The van der Waals surface area contributed by atoms with Crippen molar-refractivity contribution in [3.8, 4) is 0 Å². The van der Waals surface area contributed by atoms with E-state index in [1.54, 1.807) is 0 Å². The predicted molar refractivity (Wildman–Crippen MR) is 57.5 cm³/mol. The maximum Gasteiger partial charge on any atom is 0.0715 e. The van der Waals surface area contributed by atoms with Gasteiger partial charge in [0.2, 0.25) is 0 Å². The van der Waals surface area contributed by atoms with Gasteiger partial charge >= 0.3 is 0 Å². The Hall–Kier alpha value is -0.120. The van der Waals surface area contributed by atoms with Crippen molar-refractivity contribution >= 4 is 0 Å². The normalized spacial score (nSPS) is 27.0. The van der Waals surface area contributed by atoms with Crippen LogP contribution in [0.1, 0.15) is 33.1 Å². The lowest BCUT2D eigenvalue weighted by Gasteiger charge is -2.11. The number of rotatable bonds is 7. The van der Waals surface area contributed by atoms with E-state index in [2.05, 4.69) is 12.2 Å². The zero-order valence-corrected chi connectivity index (χ0v) is 9.42. The molecule has 0 aliphatic carbocycles. The summed E-state index contributed by atoms with van der Waals surface area (Å²) in [5, 5.41) is 3.48. The van der Waals surface area contributed by atoms with Crippen molar-refractivity contribution in [2.24, 2.45) is 0 Å². The van der Waals surface area contributed by atoms with Gasteiger partial charge in [0, 0.05) is 19.2 Å². The molecule has 3 nitrogen and oxygen atoms in total. The van der Waals surface area contributed by atoms with E-state index < -0.39 is 0 Å². The van der Waals surface area contributed by atoms with Gasteiger partial charge in [0.25, 0.3) is 0 Å². The highest BCUT2D eigenvalue weighted by Crippen LogP contribution is 2.14. The molecule has 1 saturated heterocycles. The standard InChI is InChI=1S/C11H23NO2/c1-3-5-10-8-11(9-12-10)14-7-6-13-4-2/h10-12H,3-9H2,1-2H3/t10-,11+/m0/s1. The van der Waals surface area contributed by atoms with Crippen molar-refractivity contribution in [3.63, 3.8) is 0 Å². The molecule has 1 aliphatic heterocycles. The Labute approximate surface area is 87.2 Å². The van der Waals surface area contributed by atoms with Crippen molar-refractivity contribution in [1.82, 2.24) is 5.32 Å². The smallest absolute Gasteiger partial charge is 0.0715 e. The molecule has 1 heterocycles. The monoisotopic (exact) mass is 201 g/mol. The van der Waals surface area contributed by atoms with Gasteiger partial charge in [-0.1, -0.05) is 13.3 Å². The molecule has 2 atom stereocenters. The second-order valence-electron chi connectivity index (χ2n) is 3.82. The van der Waals surface area contributed by atoms with Crippen LogP contribution in [0.2, 0.25) is 0 Å². The van der Waals surface area contributed by atoms with Gasteiger partial charge in [-0.25, -0.2) is 0 Å². The molecular formula is C11H23NO2. The molecule has 3 heteroatoms. The van der Waals surface area contributed by atoms with E-state index in [1.165, 1.54) is 19.3 Å². The summed E-state index contributed by atoms with van der Waals surface area (Å²) >= 11 is 0. The van der Waals surface area contributed by atoms with Gasteiger partial charge in [-0.15, -0.1) is 0 Å². The predicted octanol–water partition coefficient (Wildman–Crippen LogP) is 1.57. The average Bonchev–Trinajstić information content (AvgIpc) is 2.61. The van der Waals surface area contributed by atoms with E-state index in [1.807, 2.05) is 6.92 Å². The Morgan fingerprint density at radius 3 is 2.86 bits per heavy atom. The first-order chi connectivity index (χ1) is 6.86. The van der Waals surface area contributed by atoms with Gasteiger partial charge in [0.15, 0.2) is 0 Å². The van der Waals surface area contributed by atoms with Crippen molar-refractivity contribution in [1.29, 1.82) is 0 Å². The first-order valence-corrected chi connectivity index (χ1v) is 5.79. The minimum absolute atomic E-state index is 0.409. The Morgan fingerprint density at radius 1 is 1.29 bits per heavy atom. The lowest BCUT2D eigenvalue weighted by Crippen LogP contribution is -2.21. The minimum Gasteiger partial charge on any atom is -0.379 e. The summed E-state index contributed by atoms with van der Waals surface area (Å²) in [6, 6.07) is 0.678. The Kier molecular flexibility index (Phi) is 6.15. The molecule has 0 aromatic rings. The minimum atomic E-state index is 0.409. The molecule has 0 aromatic carbocycles. The van der Waals surface area contributed by atoms with Crippen LogP contribution in [0.25, 0.3) is 0 Å². The Balaban J connectivity index is 1.98. The molecule has 0 bridgehead atoms. The number of hydrogen-bond acceptors (Lipinski definition) is 3. The van der Waals surface area contributed by atoms with E-state index in [0.717, 1.165) is 26.4 Å². The third-order valence-electron chi connectivity index (χ3n) is 2.60. The van der Waals surface area contributed by atoms with Crippen LogP contribution in [-0.4, -0.2) is 38.5 Å². The zero-order valence-electron chi connectivity index (χ0n) is 9.42. The third kappa shape index (κ3) is 4.40. The Morgan fingerprint density at radius 2 is 2.14 bits per heavy atom. The maximum atomic E-state index is 5.69. The first kappa shape index (κ1) is 12.0. The van der Waals surface area contributed by atoms with Crippen LogP contribution in [0.5, 0.6) is 0 Å². The van der Waals surface area contributed by atoms with Crippen LogP contribution in [0, 0.1) is 0 Å². The van der Waals surface area contributed by atoms with Crippen molar-refractivity contribution in [3.05, 3.63) is 0 Å². The summed E-state index contributed by atoms with van der Waals surface area (Å²) in [6.45, 7) is 7.49. The van der Waals surface area contributed by atoms with E-state index >= 15 is 0 Å². The fraction of sp³-hybridized carbons (Fsp3) is 1.00. The highest BCUT2D eigenvalue weighted by atomic mass is 16.5. The molecule has 0 saturated carbocycles. The molecule has 1 N–H and O–H groups in total. The van der Waals surface area contributed by atoms with Gasteiger partial charge in [-0.2, -0.15) is 0 Å². The largest absolute Gasteiger partial charge is 0.379 e. The molecular weight excluding hydrogens is 178 g/mol. The Bertz CT molecular complexity index is 141. The van der Waals surface area contributed by atoms with Crippen LogP contribution < -0.4 is 5.32 Å². The van der Waals surface area contributed by atoms with Gasteiger partial charge < -0.3 is 14.8 Å². The van der Waals surface area contributed by atoms with E-state index in [-0.39, 0.29) is 0 Å². The SMILES string of the molecule is CCC[C@H]1C[C@@H](OCCOCC)CN1. The topological polar surface area (TPSA) is 30.5 Å². The molecule has 1 fully saturated rings. The van der Waals surface area contributed by atoms with Crippen molar-refractivity contribution in [2.45, 2.75) is 45.3 Å². The van der Waals surface area contributed by atoms with Crippen molar-refractivity contribution in [2.75, 3.05) is 26.4 Å². The molecule has 0 spiro atoms. The first-order valence-electron chi connectivity index (χ1n) is 5.79. The van der Waals surface area contributed by atoms with Crippen molar-refractivity contribution < 1.29 is 9.47 Å². The second kappa shape index (κ2) is 7.21. The molecule has 1 rings (SSSR count). The second-order valence-corrected chi connectivity index (χ2v) is 3.82. The molecule has 0 radical (unpaired) electrons. The van der Waals surface area contributed by atoms with Crippen LogP contribution >= 0.6 is 0 Å². The van der Waals surface area contributed by atoms with E-state index in [0.29, 0.717) is 12.1 Å². The van der Waals surface area contributed by atoms with Crippen LogP contribution in [0.3, 0.4) is 0 Å². The summed E-state index contributed by atoms with van der Waals surface area (Å²) in [7, 11) is 0. The average molecular weight is 201 g/mol. The zero-order chi connectivity index (χ0) is 10.2. The van der Waals surface area contributed by atoms with Crippen LogP contribution in [0.15, 0.2) is 0 Å². The highest BCUT2D eigenvalue weighted by Gasteiger charge is 2.23. The molecule has 0 amide bonds. The fourth-order valence-electron chi connectivity index (χ4n) is 1.90. The fourth-order valence-corrected chi connectivity index (χ4v) is 1.90. The van der Waals surface area contributed by atoms with Gasteiger partial charge in [0.1, 0.15) is 0 Å². The molecule has 84 valence electrons. The van der Waals surface area contributed by atoms with Crippen LogP contribution in [-0.2, 0) is 9.47 Å².